The first-order chi connectivity index (χ1) is 9.66. The number of ketones is 1. The molecule has 0 fully saturated rings. The number of benzene rings is 1. The smallest absolute Gasteiger partial charge is 0.254 e. The van der Waals surface area contributed by atoms with Crippen LogP contribution in [0.5, 0.6) is 5.88 Å². The van der Waals surface area contributed by atoms with Crippen LogP contribution < -0.4 is 10.1 Å². The summed E-state index contributed by atoms with van der Waals surface area (Å²) in [6, 6.07) is 9.94. The molecule has 2 aromatic rings. The molecule has 106 valence electrons. The van der Waals surface area contributed by atoms with Gasteiger partial charge in [-0.2, -0.15) is 4.37 Å². The van der Waals surface area contributed by atoms with E-state index in [0.717, 1.165) is 17.3 Å². The third kappa shape index (κ3) is 4.11. The van der Waals surface area contributed by atoms with Crippen LogP contribution in [0, 0.1) is 0 Å². The highest BCUT2D eigenvalue weighted by atomic mass is 32.1. The molecule has 0 aliphatic carbocycles. The van der Waals surface area contributed by atoms with Crippen LogP contribution in [0.4, 0.5) is 0 Å². The standard InChI is InChI=1S/C14H17N3O2S/c1-10(2)15-8-12(18)9-19-14-13(16-20-17-14)11-6-4-3-5-7-11/h3-7,10,15H,8-9H2,1-2H3. The summed E-state index contributed by atoms with van der Waals surface area (Å²) in [5.74, 6) is 0.407. The Morgan fingerprint density at radius 1 is 1.30 bits per heavy atom. The average Bonchev–Trinajstić information content (AvgIpc) is 2.92. The van der Waals surface area contributed by atoms with Gasteiger partial charge in [-0.1, -0.05) is 44.2 Å². The molecule has 0 bridgehead atoms. The zero-order chi connectivity index (χ0) is 14.4. The Balaban J connectivity index is 1.95. The number of nitrogens with one attached hydrogen (secondary N) is 1. The molecule has 0 aliphatic rings. The van der Waals surface area contributed by atoms with Crippen molar-refractivity contribution in [3.63, 3.8) is 0 Å². The number of Topliss-reactive ketones (excluding diaryl/α,β-unsaturated/α-hetero) is 1. The van der Waals surface area contributed by atoms with Crippen molar-refractivity contribution in [1.29, 1.82) is 0 Å². The van der Waals surface area contributed by atoms with Gasteiger partial charge in [0.05, 0.1) is 18.3 Å². The van der Waals surface area contributed by atoms with Crippen molar-refractivity contribution in [3.05, 3.63) is 30.3 Å². The van der Waals surface area contributed by atoms with Crippen LogP contribution in [-0.2, 0) is 4.79 Å². The van der Waals surface area contributed by atoms with Gasteiger partial charge < -0.3 is 10.1 Å². The quantitative estimate of drug-likeness (QED) is 0.847. The summed E-state index contributed by atoms with van der Waals surface area (Å²) in [6.07, 6.45) is 0. The predicted molar refractivity (Wildman–Crippen MR) is 79.0 cm³/mol. The number of ether oxygens (including phenoxy) is 1. The van der Waals surface area contributed by atoms with Crippen LogP contribution >= 0.6 is 11.7 Å². The average molecular weight is 291 g/mol. The molecule has 5 nitrogen and oxygen atoms in total. The number of carbonyl (C=O) groups excluding carboxylic acids is 1. The maximum absolute atomic E-state index is 11.7. The van der Waals surface area contributed by atoms with Crippen LogP contribution in [0.25, 0.3) is 11.3 Å². The van der Waals surface area contributed by atoms with E-state index in [9.17, 15) is 4.79 Å². The lowest BCUT2D eigenvalue weighted by molar-refractivity contribution is -0.120. The van der Waals surface area contributed by atoms with Gasteiger partial charge in [-0.3, -0.25) is 4.79 Å². The van der Waals surface area contributed by atoms with Crippen molar-refractivity contribution in [2.75, 3.05) is 13.2 Å². The number of hydrogen-bond donors (Lipinski definition) is 1. The first-order valence-corrected chi connectivity index (χ1v) is 7.15. The molecular formula is C14H17N3O2S. The second-order valence-electron chi connectivity index (χ2n) is 4.65. The summed E-state index contributed by atoms with van der Waals surface area (Å²) < 4.78 is 13.8. The first-order valence-electron chi connectivity index (χ1n) is 6.42. The lowest BCUT2D eigenvalue weighted by atomic mass is 10.2. The van der Waals surface area contributed by atoms with Crippen LogP contribution in [0.15, 0.2) is 30.3 Å². The number of aromatic nitrogens is 2. The molecule has 0 spiro atoms. The molecule has 0 saturated heterocycles. The van der Waals surface area contributed by atoms with Gasteiger partial charge in [0.1, 0.15) is 12.3 Å². The van der Waals surface area contributed by atoms with Gasteiger partial charge in [-0.25, -0.2) is 0 Å². The van der Waals surface area contributed by atoms with Gasteiger partial charge in [-0.15, -0.1) is 4.37 Å². The number of hydrogen-bond acceptors (Lipinski definition) is 6. The maximum atomic E-state index is 11.7. The lowest BCUT2D eigenvalue weighted by Crippen LogP contribution is -2.31. The Labute approximate surface area is 122 Å². The zero-order valence-electron chi connectivity index (χ0n) is 11.5. The van der Waals surface area contributed by atoms with E-state index in [4.69, 9.17) is 4.74 Å². The van der Waals surface area contributed by atoms with Crippen molar-refractivity contribution in [1.82, 2.24) is 14.1 Å². The molecule has 0 unspecified atom stereocenters. The van der Waals surface area contributed by atoms with Crippen LogP contribution in [0.3, 0.4) is 0 Å². The molecule has 2 rings (SSSR count). The number of carbonyl (C=O) groups is 1. The molecule has 0 saturated carbocycles. The first kappa shape index (κ1) is 14.6. The van der Waals surface area contributed by atoms with E-state index in [-0.39, 0.29) is 18.4 Å². The monoisotopic (exact) mass is 291 g/mol. The second-order valence-corrected chi connectivity index (χ2v) is 5.18. The molecule has 0 aliphatic heterocycles. The fourth-order valence-corrected chi connectivity index (χ4v) is 2.08. The third-order valence-corrected chi connectivity index (χ3v) is 3.09. The number of nitrogens with zero attached hydrogens (tertiary/aromatic N) is 2. The molecule has 1 heterocycles. The third-order valence-electron chi connectivity index (χ3n) is 2.58. The summed E-state index contributed by atoms with van der Waals surface area (Å²) in [4.78, 5) is 11.7. The molecule has 1 aromatic carbocycles. The normalized spacial score (nSPS) is 10.8. The van der Waals surface area contributed by atoms with Crippen LogP contribution in [-0.4, -0.2) is 33.7 Å². The minimum atomic E-state index is -0.00860. The lowest BCUT2D eigenvalue weighted by Gasteiger charge is -2.07. The fourth-order valence-electron chi connectivity index (χ4n) is 1.57. The van der Waals surface area contributed by atoms with Crippen LogP contribution in [0.1, 0.15) is 13.8 Å². The Bertz CT molecular complexity index is 555. The highest BCUT2D eigenvalue weighted by Crippen LogP contribution is 2.27. The van der Waals surface area contributed by atoms with E-state index in [1.807, 2.05) is 44.2 Å². The van der Waals surface area contributed by atoms with E-state index in [1.165, 1.54) is 0 Å². The van der Waals surface area contributed by atoms with Gasteiger partial charge in [0.2, 0.25) is 0 Å². The van der Waals surface area contributed by atoms with E-state index in [2.05, 4.69) is 14.1 Å². The SMILES string of the molecule is CC(C)NCC(=O)COc1nsnc1-c1ccccc1. The van der Waals surface area contributed by atoms with Crippen molar-refractivity contribution in [3.8, 4) is 17.1 Å². The maximum Gasteiger partial charge on any atom is 0.254 e. The molecular weight excluding hydrogens is 274 g/mol. The van der Waals surface area contributed by atoms with E-state index in [0.29, 0.717) is 18.1 Å². The largest absolute Gasteiger partial charge is 0.467 e. The van der Waals surface area contributed by atoms with Crippen LogP contribution in [0.2, 0.25) is 0 Å². The molecule has 6 heteroatoms. The van der Waals surface area contributed by atoms with Gasteiger partial charge in [0.25, 0.3) is 5.88 Å². The van der Waals surface area contributed by atoms with Crippen molar-refractivity contribution >= 4 is 17.5 Å². The Hall–Kier alpha value is -1.79. The van der Waals surface area contributed by atoms with E-state index in [1.54, 1.807) is 0 Å². The molecule has 0 atom stereocenters. The van der Waals surface area contributed by atoms with Crippen molar-refractivity contribution in [2.45, 2.75) is 19.9 Å². The summed E-state index contributed by atoms with van der Waals surface area (Å²) in [7, 11) is 0. The topological polar surface area (TPSA) is 64.1 Å². The molecule has 20 heavy (non-hydrogen) atoms. The second kappa shape index (κ2) is 7.12. The number of rotatable bonds is 7. The minimum absolute atomic E-state index is 0.00493. The van der Waals surface area contributed by atoms with Crippen molar-refractivity contribution < 1.29 is 9.53 Å². The Morgan fingerprint density at radius 3 is 2.75 bits per heavy atom. The Kier molecular flexibility index (Phi) is 5.20. The van der Waals surface area contributed by atoms with Gasteiger partial charge in [-0.05, 0) is 0 Å². The fraction of sp³-hybridized carbons (Fsp3) is 0.357. The summed E-state index contributed by atoms with van der Waals surface area (Å²) in [6.45, 7) is 4.29. The highest BCUT2D eigenvalue weighted by molar-refractivity contribution is 6.99. The highest BCUT2D eigenvalue weighted by Gasteiger charge is 2.13. The summed E-state index contributed by atoms with van der Waals surface area (Å²) in [5, 5.41) is 3.06. The minimum Gasteiger partial charge on any atom is -0.467 e. The van der Waals surface area contributed by atoms with E-state index < -0.39 is 0 Å². The van der Waals surface area contributed by atoms with Gasteiger partial charge in [0.15, 0.2) is 5.78 Å². The zero-order valence-corrected chi connectivity index (χ0v) is 12.3. The van der Waals surface area contributed by atoms with E-state index >= 15 is 0 Å². The Morgan fingerprint density at radius 2 is 2.05 bits per heavy atom. The molecule has 0 amide bonds. The van der Waals surface area contributed by atoms with Crippen molar-refractivity contribution in [2.24, 2.45) is 0 Å². The molecule has 0 radical (unpaired) electrons. The predicted octanol–water partition coefficient (Wildman–Crippen LogP) is 2.15. The van der Waals surface area contributed by atoms with Gasteiger partial charge >= 0.3 is 0 Å². The molecule has 1 N–H and O–H groups in total. The summed E-state index contributed by atoms with van der Waals surface area (Å²) >= 11 is 1.08. The molecule has 1 aromatic heterocycles. The van der Waals surface area contributed by atoms with Gasteiger partial charge in [0, 0.05) is 11.6 Å². The summed E-state index contributed by atoms with van der Waals surface area (Å²) in [5.41, 5.74) is 1.62.